The van der Waals surface area contributed by atoms with Gasteiger partial charge >= 0.3 is 0 Å². The molecule has 0 aliphatic carbocycles. The topological polar surface area (TPSA) is 0 Å². The average Bonchev–Trinajstić information content (AvgIpc) is 2.79. The molecular formula is C13H10S. The van der Waals surface area contributed by atoms with Gasteiger partial charge in [0.25, 0.3) is 0 Å². The lowest BCUT2D eigenvalue weighted by atomic mass is 10.0. The lowest BCUT2D eigenvalue weighted by molar-refractivity contribution is 1.47. The van der Waals surface area contributed by atoms with Crippen molar-refractivity contribution >= 4 is 20.7 Å². The Morgan fingerprint density at radius 2 is 1.79 bits per heavy atom. The van der Waals surface area contributed by atoms with Crippen LogP contribution in [0, 0.1) is 6.92 Å². The van der Waals surface area contributed by atoms with Crippen molar-refractivity contribution in [2.45, 2.75) is 6.92 Å². The summed E-state index contributed by atoms with van der Waals surface area (Å²) in [6.07, 6.45) is 0. The van der Waals surface area contributed by atoms with Gasteiger partial charge in [-0.3, -0.25) is 0 Å². The predicted octanol–water partition coefficient (Wildman–Crippen LogP) is 4.31. The van der Waals surface area contributed by atoms with E-state index in [9.17, 15) is 0 Å². The monoisotopic (exact) mass is 198 g/mol. The second-order valence-corrected chi connectivity index (χ2v) is 4.69. The van der Waals surface area contributed by atoms with E-state index in [-0.39, 0.29) is 0 Å². The second-order valence-electron chi connectivity index (χ2n) is 3.57. The summed E-state index contributed by atoms with van der Waals surface area (Å²) in [6.45, 7) is 2.17. The molecule has 0 atom stereocenters. The Bertz CT molecular complexity index is 563. The quantitative estimate of drug-likeness (QED) is 0.546. The van der Waals surface area contributed by atoms with Crippen LogP contribution in [0.15, 0.2) is 42.5 Å². The highest BCUT2D eigenvalue weighted by atomic mass is 32.1. The van der Waals surface area contributed by atoms with Gasteiger partial charge in [-0.1, -0.05) is 24.3 Å². The molecule has 1 aromatic carbocycles. The van der Waals surface area contributed by atoms with Gasteiger partial charge in [-0.25, -0.2) is 0 Å². The number of benzene rings is 2. The number of hydrogen-bond donors (Lipinski definition) is 0. The third-order valence-corrected chi connectivity index (χ3v) is 3.68. The number of hydrogen-bond acceptors (Lipinski definition) is 1. The normalized spacial score (nSPS) is 11.2. The highest BCUT2D eigenvalue weighted by Crippen LogP contribution is 2.37. The van der Waals surface area contributed by atoms with Crippen LogP contribution >= 0.6 is 11.3 Å². The van der Waals surface area contributed by atoms with Crippen molar-refractivity contribution in [1.29, 1.82) is 0 Å². The van der Waals surface area contributed by atoms with Crippen LogP contribution in [0.1, 0.15) is 5.56 Å². The molecular weight excluding hydrogens is 188 g/mol. The van der Waals surface area contributed by atoms with E-state index >= 15 is 0 Å². The van der Waals surface area contributed by atoms with Crippen LogP contribution in [0.5, 0.6) is 0 Å². The Labute approximate surface area is 87.2 Å². The standard InChI is InChI=1S/C13H10S/c1-9-4-2-3-5-11(9)12-8-10-6-7-13(12)14-10/h2-8H,1H3. The van der Waals surface area contributed by atoms with E-state index in [1.54, 1.807) is 0 Å². The molecule has 1 heteroatoms. The van der Waals surface area contributed by atoms with Crippen molar-refractivity contribution in [1.82, 2.24) is 0 Å². The summed E-state index contributed by atoms with van der Waals surface area (Å²) in [4.78, 5) is 0. The summed E-state index contributed by atoms with van der Waals surface area (Å²) >= 11 is 1.87. The largest absolute Gasteiger partial charge is 0.136 e. The molecule has 0 N–H and O–H groups in total. The molecule has 0 fully saturated rings. The van der Waals surface area contributed by atoms with Gasteiger partial charge in [0.05, 0.1) is 0 Å². The molecule has 0 amide bonds. The van der Waals surface area contributed by atoms with Gasteiger partial charge < -0.3 is 0 Å². The molecule has 0 nitrogen and oxygen atoms in total. The Morgan fingerprint density at radius 3 is 2.43 bits per heavy atom. The number of thiophene rings is 2. The highest BCUT2D eigenvalue weighted by molar-refractivity contribution is 7.24. The van der Waals surface area contributed by atoms with Crippen molar-refractivity contribution < 1.29 is 0 Å². The van der Waals surface area contributed by atoms with Crippen molar-refractivity contribution in [3.63, 3.8) is 0 Å². The van der Waals surface area contributed by atoms with E-state index in [0.29, 0.717) is 0 Å². The summed E-state index contributed by atoms with van der Waals surface area (Å²) in [5.74, 6) is 0. The van der Waals surface area contributed by atoms with Crippen LogP contribution in [0.3, 0.4) is 0 Å². The Hall–Kier alpha value is -1.34. The lowest BCUT2D eigenvalue weighted by Gasteiger charge is -2.03. The molecule has 0 saturated carbocycles. The zero-order valence-electron chi connectivity index (χ0n) is 7.95. The first-order chi connectivity index (χ1) is 6.84. The van der Waals surface area contributed by atoms with Crippen molar-refractivity contribution in [2.75, 3.05) is 0 Å². The van der Waals surface area contributed by atoms with Crippen molar-refractivity contribution in [3.05, 3.63) is 48.0 Å². The maximum atomic E-state index is 2.28. The van der Waals surface area contributed by atoms with Crippen LogP contribution < -0.4 is 0 Å². The molecule has 0 radical (unpaired) electrons. The fraction of sp³-hybridized carbons (Fsp3) is 0.0769. The van der Waals surface area contributed by atoms with Gasteiger partial charge in [0, 0.05) is 15.0 Å². The number of rotatable bonds is 1. The van der Waals surface area contributed by atoms with Crippen LogP contribution in [0.4, 0.5) is 0 Å². The SMILES string of the molecule is Cc1ccccc1-c1cc2ccc1s2. The molecule has 3 aromatic rings. The Morgan fingerprint density at radius 1 is 0.929 bits per heavy atom. The average molecular weight is 198 g/mol. The molecule has 0 unspecified atom stereocenters. The van der Waals surface area contributed by atoms with E-state index in [1.165, 1.54) is 26.1 Å². The summed E-state index contributed by atoms with van der Waals surface area (Å²) in [6, 6.07) is 15.2. The van der Waals surface area contributed by atoms with Crippen molar-refractivity contribution in [2.24, 2.45) is 0 Å². The van der Waals surface area contributed by atoms with Crippen LogP contribution in [-0.4, -0.2) is 0 Å². The van der Waals surface area contributed by atoms with Gasteiger partial charge in [0.15, 0.2) is 0 Å². The van der Waals surface area contributed by atoms with Gasteiger partial charge in [-0.2, -0.15) is 0 Å². The molecule has 68 valence electrons. The minimum atomic E-state index is 1.36. The predicted molar refractivity (Wildman–Crippen MR) is 63.2 cm³/mol. The third-order valence-electron chi connectivity index (χ3n) is 2.61. The van der Waals surface area contributed by atoms with Crippen LogP contribution in [0.2, 0.25) is 0 Å². The maximum absolute atomic E-state index is 2.28. The maximum Gasteiger partial charge on any atom is 0.0355 e. The molecule has 0 aliphatic heterocycles. The molecule has 2 bridgehead atoms. The van der Waals surface area contributed by atoms with Crippen LogP contribution in [-0.2, 0) is 0 Å². The molecule has 0 aliphatic rings. The summed E-state index contributed by atoms with van der Waals surface area (Å²) < 4.78 is 2.77. The first kappa shape index (κ1) is 8.01. The molecule has 3 rings (SSSR count). The lowest BCUT2D eigenvalue weighted by Crippen LogP contribution is -1.79. The molecule has 0 saturated heterocycles. The van der Waals surface area contributed by atoms with E-state index in [2.05, 4.69) is 49.4 Å². The van der Waals surface area contributed by atoms with E-state index < -0.39 is 0 Å². The number of fused-ring (bicyclic) bond motifs is 2. The third kappa shape index (κ3) is 1.06. The van der Waals surface area contributed by atoms with Gasteiger partial charge in [0.1, 0.15) is 0 Å². The number of aryl methyl sites for hydroxylation is 1. The molecule has 14 heavy (non-hydrogen) atoms. The summed E-state index contributed by atoms with van der Waals surface area (Å²) in [5, 5.41) is 0. The van der Waals surface area contributed by atoms with Gasteiger partial charge in [0.2, 0.25) is 0 Å². The zero-order valence-corrected chi connectivity index (χ0v) is 8.77. The van der Waals surface area contributed by atoms with Gasteiger partial charge in [-0.05, 0) is 36.2 Å². The Balaban J connectivity index is 2.28. The van der Waals surface area contributed by atoms with E-state index in [1.807, 2.05) is 11.3 Å². The molecule has 2 heterocycles. The zero-order chi connectivity index (χ0) is 9.54. The van der Waals surface area contributed by atoms with Crippen molar-refractivity contribution in [3.8, 4) is 11.1 Å². The van der Waals surface area contributed by atoms with Gasteiger partial charge in [-0.15, -0.1) is 11.3 Å². The Kier molecular flexibility index (Phi) is 1.62. The first-order valence-electron chi connectivity index (χ1n) is 4.72. The summed E-state index contributed by atoms with van der Waals surface area (Å²) in [7, 11) is 0. The minimum absolute atomic E-state index is 1.36. The molecule has 2 aromatic heterocycles. The van der Waals surface area contributed by atoms with E-state index in [0.717, 1.165) is 0 Å². The minimum Gasteiger partial charge on any atom is -0.136 e. The smallest absolute Gasteiger partial charge is 0.0355 e. The fourth-order valence-corrected chi connectivity index (χ4v) is 2.86. The molecule has 0 spiro atoms. The second kappa shape index (κ2) is 2.82. The van der Waals surface area contributed by atoms with E-state index in [4.69, 9.17) is 0 Å². The highest BCUT2D eigenvalue weighted by Gasteiger charge is 2.08. The first-order valence-corrected chi connectivity index (χ1v) is 5.54. The summed E-state index contributed by atoms with van der Waals surface area (Å²) in [5.41, 5.74) is 4.12. The fourth-order valence-electron chi connectivity index (χ4n) is 1.87. The van der Waals surface area contributed by atoms with Crippen LogP contribution in [0.25, 0.3) is 20.5 Å².